The van der Waals surface area contributed by atoms with Gasteiger partial charge in [0.1, 0.15) is 6.54 Å². The van der Waals surface area contributed by atoms with Crippen molar-refractivity contribution in [1.29, 1.82) is 0 Å². The number of amides is 1. The summed E-state index contributed by atoms with van der Waals surface area (Å²) in [6.45, 7) is 5.02. The van der Waals surface area contributed by atoms with Gasteiger partial charge in [-0.15, -0.1) is 0 Å². The fourth-order valence-corrected chi connectivity index (χ4v) is 3.05. The van der Waals surface area contributed by atoms with Crippen molar-refractivity contribution in [3.63, 3.8) is 0 Å². The van der Waals surface area contributed by atoms with E-state index in [-0.39, 0.29) is 29.7 Å². The summed E-state index contributed by atoms with van der Waals surface area (Å²) in [6, 6.07) is 1.08. The van der Waals surface area contributed by atoms with E-state index in [4.69, 9.17) is 0 Å². The third-order valence-electron chi connectivity index (χ3n) is 2.74. The van der Waals surface area contributed by atoms with Gasteiger partial charge >= 0.3 is 0 Å². The molecule has 1 unspecified atom stereocenters. The van der Waals surface area contributed by atoms with Crippen molar-refractivity contribution >= 4 is 43.6 Å². The Morgan fingerprint density at radius 2 is 1.95 bits per heavy atom. The molecular weight excluding hydrogens is 392 g/mol. The first-order chi connectivity index (χ1) is 9.22. The molecular formula is C13H16Br2N2O3. The van der Waals surface area contributed by atoms with Crippen molar-refractivity contribution in [1.82, 2.24) is 9.88 Å². The normalized spacial score (nSPS) is 12.3. The Bertz CT molecular complexity index is 581. The van der Waals surface area contributed by atoms with E-state index in [2.05, 4.69) is 37.2 Å². The average Bonchev–Trinajstić information content (AvgIpc) is 2.31. The van der Waals surface area contributed by atoms with Crippen LogP contribution in [0.25, 0.3) is 0 Å². The lowest BCUT2D eigenvalue weighted by Gasteiger charge is -2.19. The summed E-state index contributed by atoms with van der Waals surface area (Å²) in [5.74, 6) is -0.468. The first-order valence-electron chi connectivity index (χ1n) is 6.07. The molecule has 1 heterocycles. The van der Waals surface area contributed by atoms with Gasteiger partial charge in [-0.2, -0.15) is 0 Å². The van der Waals surface area contributed by atoms with Crippen molar-refractivity contribution in [2.45, 2.75) is 33.4 Å². The van der Waals surface area contributed by atoms with E-state index in [9.17, 15) is 14.4 Å². The summed E-state index contributed by atoms with van der Waals surface area (Å²) in [7, 11) is 0. The number of aromatic nitrogens is 1. The zero-order valence-corrected chi connectivity index (χ0v) is 14.6. The zero-order valence-electron chi connectivity index (χ0n) is 11.4. The fourth-order valence-electron chi connectivity index (χ4n) is 1.79. The number of carbonyl (C=O) groups is 2. The number of nitrogens with zero attached hydrogens (tertiary/aromatic N) is 1. The lowest BCUT2D eigenvalue weighted by molar-refractivity contribution is -0.128. The first-order valence-corrected chi connectivity index (χ1v) is 7.66. The number of halogens is 2. The van der Waals surface area contributed by atoms with Crippen LogP contribution in [0.15, 0.2) is 26.0 Å². The van der Waals surface area contributed by atoms with E-state index in [1.54, 1.807) is 6.07 Å². The summed E-state index contributed by atoms with van der Waals surface area (Å²) < 4.78 is 2.33. The summed E-state index contributed by atoms with van der Waals surface area (Å²) in [4.78, 5) is 35.3. The van der Waals surface area contributed by atoms with E-state index >= 15 is 0 Å². The smallest absolute Gasteiger partial charge is 0.265 e. The van der Waals surface area contributed by atoms with Gasteiger partial charge in [-0.25, -0.2) is 0 Å². The highest BCUT2D eigenvalue weighted by molar-refractivity contribution is 9.11. The molecule has 0 radical (unpaired) electrons. The second-order valence-electron chi connectivity index (χ2n) is 4.84. The van der Waals surface area contributed by atoms with E-state index in [1.807, 2.05) is 13.8 Å². The first kappa shape index (κ1) is 17.1. The van der Waals surface area contributed by atoms with Crippen LogP contribution in [0, 0.1) is 5.92 Å². The van der Waals surface area contributed by atoms with Gasteiger partial charge < -0.3 is 9.88 Å². The predicted octanol–water partition coefficient (Wildman–Crippen LogP) is 2.10. The molecule has 1 rings (SSSR count). The number of Topliss-reactive ketones (excluding diaryl/α,β-unsaturated/α-hetero) is 1. The van der Waals surface area contributed by atoms with E-state index in [0.29, 0.717) is 8.95 Å². The molecule has 20 heavy (non-hydrogen) atoms. The molecule has 5 nitrogen and oxygen atoms in total. The lowest BCUT2D eigenvalue weighted by Crippen LogP contribution is -2.45. The molecule has 110 valence electrons. The van der Waals surface area contributed by atoms with Gasteiger partial charge in [0, 0.05) is 10.7 Å². The van der Waals surface area contributed by atoms with Crippen LogP contribution in [-0.4, -0.2) is 22.3 Å². The minimum atomic E-state index is -0.534. The molecule has 1 atom stereocenters. The van der Waals surface area contributed by atoms with Crippen molar-refractivity contribution < 1.29 is 9.59 Å². The van der Waals surface area contributed by atoms with E-state index in [0.717, 1.165) is 0 Å². The van der Waals surface area contributed by atoms with Gasteiger partial charge in [0.15, 0.2) is 5.78 Å². The van der Waals surface area contributed by atoms with Gasteiger partial charge in [0.05, 0.1) is 10.5 Å². The van der Waals surface area contributed by atoms with Gasteiger partial charge in [-0.1, -0.05) is 13.8 Å². The molecule has 0 spiro atoms. The van der Waals surface area contributed by atoms with Crippen LogP contribution in [0.4, 0.5) is 0 Å². The molecule has 1 N–H and O–H groups in total. The third kappa shape index (κ3) is 4.56. The van der Waals surface area contributed by atoms with Gasteiger partial charge in [0.25, 0.3) is 5.56 Å². The Labute approximate surface area is 134 Å². The monoisotopic (exact) mass is 406 g/mol. The predicted molar refractivity (Wildman–Crippen MR) is 83.6 cm³/mol. The van der Waals surface area contributed by atoms with Crippen molar-refractivity contribution in [3.8, 4) is 0 Å². The molecule has 7 heteroatoms. The Kier molecular flexibility index (Phi) is 6.13. The Balaban J connectivity index is 2.87. The zero-order chi connectivity index (χ0) is 15.4. The fraction of sp³-hybridized carbons (Fsp3) is 0.462. The maximum atomic E-state index is 12.0. The maximum Gasteiger partial charge on any atom is 0.265 e. The molecule has 0 aliphatic rings. The van der Waals surface area contributed by atoms with Crippen LogP contribution in [0.1, 0.15) is 20.8 Å². The van der Waals surface area contributed by atoms with Gasteiger partial charge in [-0.05, 0) is 50.8 Å². The Morgan fingerprint density at radius 3 is 2.45 bits per heavy atom. The number of hydrogen-bond acceptors (Lipinski definition) is 3. The number of nitrogens with one attached hydrogen (secondary N) is 1. The van der Waals surface area contributed by atoms with Crippen molar-refractivity contribution in [2.24, 2.45) is 5.92 Å². The second-order valence-corrected chi connectivity index (χ2v) is 6.61. The molecule has 0 saturated heterocycles. The van der Waals surface area contributed by atoms with E-state index < -0.39 is 6.04 Å². The molecule has 0 aliphatic heterocycles. The third-order valence-corrected chi connectivity index (χ3v) is 3.75. The maximum absolute atomic E-state index is 12.0. The number of hydrogen-bond donors (Lipinski definition) is 1. The van der Waals surface area contributed by atoms with Crippen LogP contribution in [0.2, 0.25) is 0 Å². The summed E-state index contributed by atoms with van der Waals surface area (Å²) >= 11 is 6.39. The molecule has 0 fully saturated rings. The molecule has 1 aromatic heterocycles. The Hall–Kier alpha value is -0.950. The minimum absolute atomic E-state index is 0.00224. The van der Waals surface area contributed by atoms with Crippen LogP contribution in [-0.2, 0) is 16.1 Å². The number of pyridine rings is 1. The summed E-state index contributed by atoms with van der Waals surface area (Å²) in [5.41, 5.74) is -0.299. The molecule has 1 aromatic rings. The number of carbonyl (C=O) groups excluding carboxylic acids is 2. The largest absolute Gasteiger partial charge is 0.344 e. The topological polar surface area (TPSA) is 68.2 Å². The van der Waals surface area contributed by atoms with Crippen molar-refractivity contribution in [2.75, 3.05) is 0 Å². The lowest BCUT2D eigenvalue weighted by atomic mass is 10.0. The van der Waals surface area contributed by atoms with E-state index in [1.165, 1.54) is 17.7 Å². The van der Waals surface area contributed by atoms with Crippen LogP contribution >= 0.6 is 31.9 Å². The summed E-state index contributed by atoms with van der Waals surface area (Å²) in [5, 5.41) is 2.65. The quantitative estimate of drug-likeness (QED) is 0.812. The number of ketones is 1. The molecule has 0 aliphatic carbocycles. The number of rotatable bonds is 5. The standard InChI is InChI=1S/C13H16Br2N2O3/c1-7(2)12(8(3)18)16-11(19)6-17-5-9(14)4-10(15)13(17)20/h4-5,7,12H,6H2,1-3H3,(H,16,19). The highest BCUT2D eigenvalue weighted by Gasteiger charge is 2.20. The molecule has 1 amide bonds. The Morgan fingerprint density at radius 1 is 1.35 bits per heavy atom. The van der Waals surface area contributed by atoms with Crippen LogP contribution in [0.3, 0.4) is 0 Å². The SMILES string of the molecule is CC(=O)C(NC(=O)Cn1cc(Br)cc(Br)c1=O)C(C)C. The van der Waals surface area contributed by atoms with Gasteiger partial charge in [-0.3, -0.25) is 14.4 Å². The highest BCUT2D eigenvalue weighted by atomic mass is 79.9. The minimum Gasteiger partial charge on any atom is -0.344 e. The van der Waals surface area contributed by atoms with Crippen molar-refractivity contribution in [3.05, 3.63) is 31.6 Å². The summed E-state index contributed by atoms with van der Waals surface area (Å²) in [6.07, 6.45) is 1.53. The van der Waals surface area contributed by atoms with Gasteiger partial charge in [0.2, 0.25) is 5.91 Å². The molecule has 0 saturated carbocycles. The van der Waals surface area contributed by atoms with Crippen LogP contribution in [0.5, 0.6) is 0 Å². The molecule has 0 bridgehead atoms. The highest BCUT2D eigenvalue weighted by Crippen LogP contribution is 2.12. The molecule has 0 aromatic carbocycles. The average molecular weight is 408 g/mol. The second kappa shape index (κ2) is 7.17. The van der Waals surface area contributed by atoms with Crippen LogP contribution < -0.4 is 10.9 Å².